The standard InChI is InChI=1S/C16H15ClFN.C2H5NO.CH4N2/c17-15-10-12(6-7-16(15)18)13-8-9-19(11-13)14-4-2-1-3-5-14;1-3-2-4;2-1-3/h1-7,10,13H,8-9,11H2;2H,1H3,(H,3,4);1H,(H3,2,3). The molecule has 1 amide bonds. The quantitative estimate of drug-likeness (QED) is 0.435. The molecular formula is C19H24ClFN4O. The molecule has 3 rings (SSSR count). The number of halogens is 2. The van der Waals surface area contributed by atoms with E-state index in [-0.39, 0.29) is 10.8 Å². The maximum Gasteiger partial charge on any atom is 0.206 e. The molecule has 1 saturated heterocycles. The van der Waals surface area contributed by atoms with Gasteiger partial charge >= 0.3 is 0 Å². The first kappa shape index (κ1) is 21.4. The van der Waals surface area contributed by atoms with Crippen LogP contribution in [-0.2, 0) is 4.79 Å². The van der Waals surface area contributed by atoms with E-state index in [4.69, 9.17) is 21.8 Å². The number of nitrogens with zero attached hydrogens (tertiary/aromatic N) is 1. The van der Waals surface area contributed by atoms with Crippen LogP contribution >= 0.6 is 11.6 Å². The van der Waals surface area contributed by atoms with Crippen LogP contribution < -0.4 is 16.0 Å². The van der Waals surface area contributed by atoms with Crippen molar-refractivity contribution in [3.05, 3.63) is 64.9 Å². The first-order valence-electron chi connectivity index (χ1n) is 8.13. The minimum Gasteiger partial charge on any atom is -0.390 e. The van der Waals surface area contributed by atoms with E-state index in [1.807, 2.05) is 12.1 Å². The molecule has 2 aromatic rings. The van der Waals surface area contributed by atoms with E-state index in [2.05, 4.69) is 40.2 Å². The van der Waals surface area contributed by atoms with E-state index in [1.54, 1.807) is 13.1 Å². The predicted molar refractivity (Wildman–Crippen MR) is 106 cm³/mol. The molecule has 0 aliphatic carbocycles. The van der Waals surface area contributed by atoms with Gasteiger partial charge < -0.3 is 16.0 Å². The molecule has 1 aliphatic heterocycles. The van der Waals surface area contributed by atoms with Crippen molar-refractivity contribution < 1.29 is 9.18 Å². The van der Waals surface area contributed by atoms with Crippen molar-refractivity contribution in [3.63, 3.8) is 0 Å². The molecule has 1 aliphatic rings. The molecule has 1 heterocycles. The lowest BCUT2D eigenvalue weighted by atomic mass is 9.98. The number of hydrogen-bond acceptors (Lipinski definition) is 3. The molecule has 1 atom stereocenters. The van der Waals surface area contributed by atoms with Crippen LogP contribution in [0.15, 0.2) is 48.5 Å². The number of nitrogens with one attached hydrogen (secondary N) is 2. The zero-order valence-electron chi connectivity index (χ0n) is 14.7. The zero-order chi connectivity index (χ0) is 19.4. The lowest BCUT2D eigenvalue weighted by molar-refractivity contribution is -0.109. The first-order valence-corrected chi connectivity index (χ1v) is 8.51. The summed E-state index contributed by atoms with van der Waals surface area (Å²) in [6.07, 6.45) is 2.46. The highest BCUT2D eigenvalue weighted by atomic mass is 35.5. The number of para-hydroxylation sites is 1. The Morgan fingerprint density at radius 3 is 2.46 bits per heavy atom. The van der Waals surface area contributed by atoms with Crippen molar-refractivity contribution in [2.24, 2.45) is 5.73 Å². The van der Waals surface area contributed by atoms with Gasteiger partial charge in [-0.2, -0.15) is 0 Å². The van der Waals surface area contributed by atoms with E-state index in [0.717, 1.165) is 31.4 Å². The molecule has 2 aromatic carbocycles. The lowest BCUT2D eigenvalue weighted by Gasteiger charge is -2.18. The van der Waals surface area contributed by atoms with Crippen molar-refractivity contribution >= 4 is 30.0 Å². The van der Waals surface area contributed by atoms with Gasteiger partial charge in [0.05, 0.1) is 11.4 Å². The summed E-state index contributed by atoms with van der Waals surface area (Å²) in [4.78, 5) is 11.4. The molecule has 1 fully saturated rings. The van der Waals surface area contributed by atoms with E-state index >= 15 is 0 Å². The predicted octanol–water partition coefficient (Wildman–Crippen LogP) is 3.39. The summed E-state index contributed by atoms with van der Waals surface area (Å²) in [5, 5.41) is 8.33. The number of benzene rings is 2. The number of rotatable bonds is 3. The van der Waals surface area contributed by atoms with E-state index in [9.17, 15) is 4.39 Å². The molecule has 5 nitrogen and oxygen atoms in total. The maximum atomic E-state index is 13.2. The molecule has 0 spiro atoms. The summed E-state index contributed by atoms with van der Waals surface area (Å²) < 4.78 is 13.2. The highest BCUT2D eigenvalue weighted by Crippen LogP contribution is 2.32. The number of amides is 1. The Kier molecular flexibility index (Phi) is 9.79. The van der Waals surface area contributed by atoms with Crippen LogP contribution in [-0.4, -0.2) is 32.9 Å². The minimum absolute atomic E-state index is 0.218. The monoisotopic (exact) mass is 378 g/mol. The van der Waals surface area contributed by atoms with E-state index in [1.165, 1.54) is 11.8 Å². The summed E-state index contributed by atoms with van der Waals surface area (Å²) in [7, 11) is 1.56. The minimum atomic E-state index is -0.344. The molecule has 0 bridgehead atoms. The Labute approximate surface area is 158 Å². The van der Waals surface area contributed by atoms with Crippen molar-refractivity contribution in [3.8, 4) is 0 Å². The average Bonchev–Trinajstić information content (AvgIpc) is 3.16. The third-order valence-corrected chi connectivity index (χ3v) is 4.13. The lowest BCUT2D eigenvalue weighted by Crippen LogP contribution is -2.18. The number of carbonyl (C=O) groups is 1. The number of hydrogen-bond donors (Lipinski definition) is 3. The summed E-state index contributed by atoms with van der Waals surface area (Å²) >= 11 is 5.86. The Bertz CT molecular complexity index is 684. The van der Waals surface area contributed by atoms with Crippen LogP contribution in [0.5, 0.6) is 0 Å². The number of nitrogens with two attached hydrogens (primary N) is 1. The van der Waals surface area contributed by atoms with Crippen LogP contribution in [0.3, 0.4) is 0 Å². The van der Waals surface area contributed by atoms with Crippen LogP contribution in [0.25, 0.3) is 0 Å². The molecule has 0 aromatic heterocycles. The van der Waals surface area contributed by atoms with E-state index < -0.39 is 0 Å². The van der Waals surface area contributed by atoms with Gasteiger partial charge in [-0.25, -0.2) is 4.39 Å². The highest BCUT2D eigenvalue weighted by molar-refractivity contribution is 6.30. The Morgan fingerprint density at radius 1 is 1.31 bits per heavy atom. The summed E-state index contributed by atoms with van der Waals surface area (Å²) in [6.45, 7) is 2.00. The van der Waals surface area contributed by atoms with Crippen molar-refractivity contribution in [1.29, 1.82) is 5.41 Å². The van der Waals surface area contributed by atoms with Gasteiger partial charge in [-0.3, -0.25) is 10.2 Å². The van der Waals surface area contributed by atoms with Gasteiger partial charge in [0.25, 0.3) is 0 Å². The van der Waals surface area contributed by atoms with Crippen LogP contribution in [0.4, 0.5) is 10.1 Å². The van der Waals surface area contributed by atoms with Crippen LogP contribution in [0.1, 0.15) is 17.9 Å². The Balaban J connectivity index is 0.000000419. The average molecular weight is 379 g/mol. The second-order valence-electron chi connectivity index (χ2n) is 5.51. The summed E-state index contributed by atoms with van der Waals surface area (Å²) in [5.74, 6) is 0.0848. The highest BCUT2D eigenvalue weighted by Gasteiger charge is 2.24. The van der Waals surface area contributed by atoms with Gasteiger partial charge in [0.1, 0.15) is 5.82 Å². The molecule has 1 unspecified atom stereocenters. The van der Waals surface area contributed by atoms with E-state index in [0.29, 0.717) is 12.3 Å². The van der Waals surface area contributed by atoms with Gasteiger partial charge in [0.15, 0.2) is 0 Å². The zero-order valence-corrected chi connectivity index (χ0v) is 15.4. The largest absolute Gasteiger partial charge is 0.390 e. The smallest absolute Gasteiger partial charge is 0.206 e. The molecule has 7 heteroatoms. The van der Waals surface area contributed by atoms with Crippen molar-refractivity contribution in [2.75, 3.05) is 25.0 Å². The fourth-order valence-electron chi connectivity index (χ4n) is 2.67. The van der Waals surface area contributed by atoms with Gasteiger partial charge in [-0.1, -0.05) is 35.9 Å². The first-order chi connectivity index (χ1) is 12.6. The molecule has 0 saturated carbocycles. The molecule has 140 valence electrons. The molecule has 0 radical (unpaired) electrons. The Morgan fingerprint density at radius 2 is 1.92 bits per heavy atom. The van der Waals surface area contributed by atoms with Crippen molar-refractivity contribution in [2.45, 2.75) is 12.3 Å². The summed E-state index contributed by atoms with van der Waals surface area (Å²) in [6, 6.07) is 15.4. The number of carbonyl (C=O) groups excluding carboxylic acids is 1. The summed E-state index contributed by atoms with van der Waals surface area (Å²) in [5.41, 5.74) is 6.77. The SMILES string of the molecule is CNC=O.Fc1ccc(C2CCN(c3ccccc3)C2)cc1Cl.N=CN. The van der Waals surface area contributed by atoms with Gasteiger partial charge in [0, 0.05) is 31.7 Å². The second-order valence-corrected chi connectivity index (χ2v) is 5.92. The van der Waals surface area contributed by atoms with Gasteiger partial charge in [0.2, 0.25) is 6.41 Å². The Hall–Kier alpha value is -2.60. The van der Waals surface area contributed by atoms with Crippen LogP contribution in [0, 0.1) is 11.2 Å². The maximum absolute atomic E-state index is 13.2. The third kappa shape index (κ3) is 6.72. The van der Waals surface area contributed by atoms with Gasteiger partial charge in [-0.05, 0) is 36.2 Å². The molecule has 4 N–H and O–H groups in total. The topological polar surface area (TPSA) is 82.2 Å². The third-order valence-electron chi connectivity index (χ3n) is 3.84. The number of anilines is 1. The van der Waals surface area contributed by atoms with Crippen LogP contribution in [0.2, 0.25) is 5.02 Å². The fraction of sp³-hybridized carbons (Fsp3) is 0.263. The van der Waals surface area contributed by atoms with Gasteiger partial charge in [-0.15, -0.1) is 0 Å². The van der Waals surface area contributed by atoms with Crippen molar-refractivity contribution in [1.82, 2.24) is 5.32 Å². The molecule has 26 heavy (non-hydrogen) atoms. The fourth-order valence-corrected chi connectivity index (χ4v) is 2.86. The molecular weight excluding hydrogens is 355 g/mol. The normalized spacial score (nSPS) is 15.0. The second kappa shape index (κ2) is 11.9.